The Morgan fingerprint density at radius 1 is 1.10 bits per heavy atom. The van der Waals surface area contributed by atoms with Gasteiger partial charge in [0.15, 0.2) is 0 Å². The molecule has 20 heavy (non-hydrogen) atoms. The van der Waals surface area contributed by atoms with Crippen LogP contribution in [0.3, 0.4) is 0 Å². The zero-order chi connectivity index (χ0) is 13.5. The third kappa shape index (κ3) is 2.16. The molecule has 4 aliphatic carbocycles. The van der Waals surface area contributed by atoms with E-state index in [-0.39, 0.29) is 0 Å². The van der Waals surface area contributed by atoms with Gasteiger partial charge in [0.05, 0.1) is 11.7 Å². The van der Waals surface area contributed by atoms with E-state index < -0.39 is 0 Å². The van der Waals surface area contributed by atoms with Crippen LogP contribution in [0.5, 0.6) is 0 Å². The van der Waals surface area contributed by atoms with Gasteiger partial charge in [-0.25, -0.2) is 0 Å². The van der Waals surface area contributed by atoms with Crippen molar-refractivity contribution in [1.82, 2.24) is 15.3 Å². The van der Waals surface area contributed by atoms with E-state index >= 15 is 0 Å². The van der Waals surface area contributed by atoms with Crippen LogP contribution < -0.4 is 5.32 Å². The minimum absolute atomic E-state index is 0.381. The Labute approximate surface area is 121 Å². The second-order valence-electron chi connectivity index (χ2n) is 7.30. The molecule has 4 saturated carbocycles. The van der Waals surface area contributed by atoms with Gasteiger partial charge in [0.1, 0.15) is 0 Å². The van der Waals surface area contributed by atoms with Gasteiger partial charge in [-0.1, -0.05) is 0 Å². The lowest BCUT2D eigenvalue weighted by Gasteiger charge is -2.55. The molecule has 4 fully saturated rings. The van der Waals surface area contributed by atoms with E-state index in [0.29, 0.717) is 6.04 Å². The van der Waals surface area contributed by atoms with Crippen LogP contribution in [0, 0.1) is 29.6 Å². The van der Waals surface area contributed by atoms with Crippen molar-refractivity contribution in [3.63, 3.8) is 0 Å². The van der Waals surface area contributed by atoms with E-state index in [1.807, 2.05) is 12.4 Å². The van der Waals surface area contributed by atoms with Gasteiger partial charge in [0, 0.05) is 18.6 Å². The summed E-state index contributed by atoms with van der Waals surface area (Å²) in [5, 5.41) is 3.47. The first-order valence-corrected chi connectivity index (χ1v) is 8.26. The molecular formula is C17H25N3. The standard InChI is InChI=1S/C17H25N3/c1-18-16(17-10-19-2-3-20-17)9-15-13-5-11-4-12(7-13)8-14(15)6-11/h2-3,10-16,18H,4-9H2,1H3. The molecule has 108 valence electrons. The highest BCUT2D eigenvalue weighted by molar-refractivity contribution is 5.05. The van der Waals surface area contributed by atoms with E-state index in [2.05, 4.69) is 22.3 Å². The molecule has 0 radical (unpaired) electrons. The summed E-state index contributed by atoms with van der Waals surface area (Å²) in [7, 11) is 2.06. The van der Waals surface area contributed by atoms with Crippen molar-refractivity contribution in [2.45, 2.75) is 44.6 Å². The van der Waals surface area contributed by atoms with Crippen molar-refractivity contribution < 1.29 is 0 Å². The van der Waals surface area contributed by atoms with E-state index in [1.165, 1.54) is 32.1 Å². The molecule has 1 N–H and O–H groups in total. The van der Waals surface area contributed by atoms with Crippen molar-refractivity contribution >= 4 is 0 Å². The first kappa shape index (κ1) is 12.8. The maximum Gasteiger partial charge on any atom is 0.0756 e. The molecule has 0 aliphatic heterocycles. The Morgan fingerprint density at radius 3 is 2.35 bits per heavy atom. The van der Waals surface area contributed by atoms with Crippen molar-refractivity contribution in [2.24, 2.45) is 29.6 Å². The molecule has 0 aromatic carbocycles. The smallest absolute Gasteiger partial charge is 0.0756 e. The SMILES string of the molecule is CNC(CC1C2CC3CC(C2)CC1C3)c1cnccn1. The lowest BCUT2D eigenvalue weighted by atomic mass is 9.51. The molecule has 1 unspecified atom stereocenters. The average molecular weight is 271 g/mol. The van der Waals surface area contributed by atoms with Gasteiger partial charge in [0.2, 0.25) is 0 Å². The molecule has 1 heterocycles. The fourth-order valence-electron chi connectivity index (χ4n) is 5.57. The van der Waals surface area contributed by atoms with Gasteiger partial charge >= 0.3 is 0 Å². The molecule has 5 rings (SSSR count). The van der Waals surface area contributed by atoms with Gasteiger partial charge in [-0.2, -0.15) is 0 Å². The Morgan fingerprint density at radius 2 is 1.80 bits per heavy atom. The number of rotatable bonds is 4. The first-order valence-electron chi connectivity index (χ1n) is 8.26. The molecule has 3 nitrogen and oxygen atoms in total. The zero-order valence-corrected chi connectivity index (χ0v) is 12.3. The lowest BCUT2D eigenvalue weighted by Crippen LogP contribution is -2.46. The molecular weight excluding hydrogens is 246 g/mol. The van der Waals surface area contributed by atoms with Gasteiger partial charge in [-0.3, -0.25) is 9.97 Å². The molecule has 1 atom stereocenters. The maximum atomic E-state index is 4.51. The van der Waals surface area contributed by atoms with Crippen LogP contribution in [0.15, 0.2) is 18.6 Å². The number of nitrogens with zero attached hydrogens (tertiary/aromatic N) is 2. The summed E-state index contributed by atoms with van der Waals surface area (Å²) in [5.41, 5.74) is 1.11. The van der Waals surface area contributed by atoms with E-state index in [1.54, 1.807) is 12.6 Å². The number of nitrogens with one attached hydrogen (secondary N) is 1. The van der Waals surface area contributed by atoms with E-state index in [0.717, 1.165) is 35.3 Å². The summed E-state index contributed by atoms with van der Waals surface area (Å²) in [6, 6.07) is 0.381. The van der Waals surface area contributed by atoms with Crippen LogP contribution in [-0.4, -0.2) is 17.0 Å². The second kappa shape index (κ2) is 5.10. The fraction of sp³-hybridized carbons (Fsp3) is 0.765. The van der Waals surface area contributed by atoms with Gasteiger partial charge in [-0.05, 0) is 75.2 Å². The van der Waals surface area contributed by atoms with Crippen molar-refractivity contribution in [2.75, 3.05) is 7.05 Å². The Kier molecular flexibility index (Phi) is 3.25. The van der Waals surface area contributed by atoms with E-state index in [9.17, 15) is 0 Å². The van der Waals surface area contributed by atoms with Gasteiger partial charge < -0.3 is 5.32 Å². The lowest BCUT2D eigenvalue weighted by molar-refractivity contribution is -0.0433. The zero-order valence-electron chi connectivity index (χ0n) is 12.3. The number of hydrogen-bond donors (Lipinski definition) is 1. The highest BCUT2D eigenvalue weighted by atomic mass is 14.9. The van der Waals surface area contributed by atoms with Crippen molar-refractivity contribution in [3.05, 3.63) is 24.3 Å². The van der Waals surface area contributed by atoms with Crippen LogP contribution in [0.2, 0.25) is 0 Å². The highest BCUT2D eigenvalue weighted by Crippen LogP contribution is 2.58. The minimum Gasteiger partial charge on any atom is -0.312 e. The molecule has 1 aromatic heterocycles. The van der Waals surface area contributed by atoms with E-state index in [4.69, 9.17) is 0 Å². The molecule has 0 saturated heterocycles. The second-order valence-corrected chi connectivity index (χ2v) is 7.30. The Bertz CT molecular complexity index is 431. The summed E-state index contributed by atoms with van der Waals surface area (Å²) in [4.78, 5) is 8.74. The quantitative estimate of drug-likeness (QED) is 0.914. The summed E-state index contributed by atoms with van der Waals surface area (Å²) >= 11 is 0. The molecule has 3 heteroatoms. The fourth-order valence-corrected chi connectivity index (χ4v) is 5.57. The Balaban J connectivity index is 1.50. The third-order valence-corrected chi connectivity index (χ3v) is 6.22. The molecule has 0 spiro atoms. The predicted octanol–water partition coefficient (Wildman–Crippen LogP) is 3.20. The highest BCUT2D eigenvalue weighted by Gasteiger charge is 2.48. The number of hydrogen-bond acceptors (Lipinski definition) is 3. The van der Waals surface area contributed by atoms with Crippen LogP contribution >= 0.6 is 0 Å². The van der Waals surface area contributed by atoms with Gasteiger partial charge in [0.25, 0.3) is 0 Å². The topological polar surface area (TPSA) is 37.8 Å². The van der Waals surface area contributed by atoms with Crippen LogP contribution in [0.4, 0.5) is 0 Å². The maximum absolute atomic E-state index is 4.51. The first-order chi connectivity index (χ1) is 9.83. The molecule has 0 amide bonds. The Hall–Kier alpha value is -0.960. The summed E-state index contributed by atoms with van der Waals surface area (Å²) in [6.45, 7) is 0. The molecule has 4 bridgehead atoms. The van der Waals surface area contributed by atoms with Gasteiger partial charge in [-0.15, -0.1) is 0 Å². The normalized spacial score (nSPS) is 40.0. The summed E-state index contributed by atoms with van der Waals surface area (Å²) < 4.78 is 0. The average Bonchev–Trinajstić information content (AvgIpc) is 2.47. The summed E-state index contributed by atoms with van der Waals surface area (Å²) in [6.07, 6.45) is 14.3. The summed E-state index contributed by atoms with van der Waals surface area (Å²) in [5.74, 6) is 5.05. The van der Waals surface area contributed by atoms with Crippen molar-refractivity contribution in [1.29, 1.82) is 0 Å². The van der Waals surface area contributed by atoms with Crippen molar-refractivity contribution in [3.8, 4) is 0 Å². The number of aromatic nitrogens is 2. The minimum atomic E-state index is 0.381. The van der Waals surface area contributed by atoms with Crippen LogP contribution in [0.1, 0.15) is 50.3 Å². The molecule has 1 aromatic rings. The largest absolute Gasteiger partial charge is 0.312 e. The monoisotopic (exact) mass is 271 g/mol. The van der Waals surface area contributed by atoms with Crippen LogP contribution in [0.25, 0.3) is 0 Å². The molecule has 4 aliphatic rings. The third-order valence-electron chi connectivity index (χ3n) is 6.22. The van der Waals surface area contributed by atoms with Crippen LogP contribution in [-0.2, 0) is 0 Å². The predicted molar refractivity (Wildman–Crippen MR) is 79.0 cm³/mol.